The van der Waals surface area contributed by atoms with E-state index in [0.29, 0.717) is 0 Å². The summed E-state index contributed by atoms with van der Waals surface area (Å²) in [7, 11) is 1.91. The van der Waals surface area contributed by atoms with Crippen LogP contribution in [0.25, 0.3) is 0 Å². The molecule has 0 aliphatic heterocycles. The van der Waals surface area contributed by atoms with E-state index in [1.165, 1.54) is 0 Å². The molecular weight excluding hydrogens is 328 g/mol. The predicted molar refractivity (Wildman–Crippen MR) is 90.9 cm³/mol. The summed E-state index contributed by atoms with van der Waals surface area (Å²) in [5, 5.41) is 6.07. The second-order valence-corrected chi connectivity index (χ2v) is 5.78. The van der Waals surface area contributed by atoms with Crippen molar-refractivity contribution in [2.45, 2.75) is 13.3 Å². The lowest BCUT2D eigenvalue weighted by molar-refractivity contribution is 0.102. The van der Waals surface area contributed by atoms with E-state index in [2.05, 4.69) is 26.6 Å². The third-order valence-corrected chi connectivity index (χ3v) is 4.21. The minimum atomic E-state index is -0.0663. The van der Waals surface area contributed by atoms with Crippen LogP contribution in [0, 0.1) is 6.92 Å². The minimum Gasteiger partial charge on any atom is -0.322 e. The molecule has 0 radical (unpaired) electrons. The maximum Gasteiger partial charge on any atom is 0.255 e. The number of rotatable bonds is 5. The van der Waals surface area contributed by atoms with Crippen molar-refractivity contribution in [1.29, 1.82) is 0 Å². The first kappa shape index (κ1) is 15.7. The molecule has 110 valence electrons. The zero-order valence-electron chi connectivity index (χ0n) is 12.2. The molecule has 0 bridgehead atoms. The molecule has 4 heteroatoms. The number of nitrogens with one attached hydrogen (secondary N) is 2. The second-order valence-electron chi connectivity index (χ2n) is 4.93. The Labute approximate surface area is 133 Å². The first-order valence-corrected chi connectivity index (χ1v) is 7.71. The van der Waals surface area contributed by atoms with E-state index in [1.807, 2.05) is 56.4 Å². The summed E-state index contributed by atoms with van der Waals surface area (Å²) in [4.78, 5) is 12.5. The van der Waals surface area contributed by atoms with Crippen LogP contribution in [-0.2, 0) is 6.42 Å². The lowest BCUT2D eigenvalue weighted by Crippen LogP contribution is -2.17. The van der Waals surface area contributed by atoms with Crippen LogP contribution in [0.2, 0.25) is 0 Å². The van der Waals surface area contributed by atoms with Crippen LogP contribution in [0.3, 0.4) is 0 Å². The Balaban J connectivity index is 2.18. The van der Waals surface area contributed by atoms with Crippen molar-refractivity contribution in [3.05, 3.63) is 63.6 Å². The highest BCUT2D eigenvalue weighted by atomic mass is 79.9. The van der Waals surface area contributed by atoms with E-state index in [4.69, 9.17) is 0 Å². The van der Waals surface area contributed by atoms with Crippen LogP contribution >= 0.6 is 15.9 Å². The third-order valence-electron chi connectivity index (χ3n) is 3.32. The van der Waals surface area contributed by atoms with Crippen molar-refractivity contribution in [2.24, 2.45) is 0 Å². The Morgan fingerprint density at radius 1 is 1.19 bits per heavy atom. The number of carbonyl (C=O) groups is 1. The fourth-order valence-corrected chi connectivity index (χ4v) is 2.39. The van der Waals surface area contributed by atoms with Crippen molar-refractivity contribution in [3.8, 4) is 0 Å². The highest BCUT2D eigenvalue weighted by molar-refractivity contribution is 9.10. The standard InChI is InChI=1S/C17H19BrN2O/c1-12-11-14(7-8-16(12)18)20-17(21)15-6-4-3-5-13(15)9-10-19-2/h3-8,11,19H,9-10H2,1-2H3,(H,20,21). The zero-order chi connectivity index (χ0) is 15.2. The largest absolute Gasteiger partial charge is 0.322 e. The molecule has 0 heterocycles. The topological polar surface area (TPSA) is 41.1 Å². The van der Waals surface area contributed by atoms with Crippen molar-refractivity contribution in [2.75, 3.05) is 18.9 Å². The molecule has 0 atom stereocenters. The van der Waals surface area contributed by atoms with E-state index in [9.17, 15) is 4.79 Å². The number of likely N-dealkylation sites (N-methyl/N-ethyl adjacent to an activating group) is 1. The van der Waals surface area contributed by atoms with Gasteiger partial charge in [0.05, 0.1) is 0 Å². The average Bonchev–Trinajstić information content (AvgIpc) is 2.49. The number of anilines is 1. The van der Waals surface area contributed by atoms with Gasteiger partial charge in [-0.15, -0.1) is 0 Å². The van der Waals surface area contributed by atoms with Gasteiger partial charge in [-0.2, -0.15) is 0 Å². The second kappa shape index (κ2) is 7.38. The molecule has 0 saturated carbocycles. The number of carbonyl (C=O) groups excluding carboxylic acids is 1. The van der Waals surface area contributed by atoms with Crippen molar-refractivity contribution < 1.29 is 4.79 Å². The highest BCUT2D eigenvalue weighted by Gasteiger charge is 2.11. The fraction of sp³-hybridized carbons (Fsp3) is 0.235. The first-order valence-electron chi connectivity index (χ1n) is 6.92. The van der Waals surface area contributed by atoms with Gasteiger partial charge in [0.15, 0.2) is 0 Å². The normalized spacial score (nSPS) is 10.4. The molecule has 1 amide bonds. The van der Waals surface area contributed by atoms with E-state index in [1.54, 1.807) is 0 Å². The van der Waals surface area contributed by atoms with Gasteiger partial charge >= 0.3 is 0 Å². The van der Waals surface area contributed by atoms with Crippen LogP contribution in [0.1, 0.15) is 21.5 Å². The Kier molecular flexibility index (Phi) is 5.53. The number of amides is 1. The Bertz CT molecular complexity index is 640. The summed E-state index contributed by atoms with van der Waals surface area (Å²) >= 11 is 3.46. The molecule has 2 aromatic carbocycles. The molecule has 0 aliphatic rings. The van der Waals surface area contributed by atoms with E-state index < -0.39 is 0 Å². The molecule has 2 rings (SSSR count). The van der Waals surface area contributed by atoms with Gasteiger partial charge in [-0.1, -0.05) is 34.1 Å². The van der Waals surface area contributed by atoms with Crippen molar-refractivity contribution >= 4 is 27.5 Å². The zero-order valence-corrected chi connectivity index (χ0v) is 13.8. The monoisotopic (exact) mass is 346 g/mol. The van der Waals surface area contributed by atoms with Gasteiger partial charge < -0.3 is 10.6 Å². The Hall–Kier alpha value is -1.65. The molecule has 0 spiro atoms. The predicted octanol–water partition coefficient (Wildman–Crippen LogP) is 3.77. The van der Waals surface area contributed by atoms with Crippen molar-refractivity contribution in [3.63, 3.8) is 0 Å². The van der Waals surface area contributed by atoms with E-state index in [-0.39, 0.29) is 5.91 Å². The highest BCUT2D eigenvalue weighted by Crippen LogP contribution is 2.21. The van der Waals surface area contributed by atoms with E-state index >= 15 is 0 Å². The van der Waals surface area contributed by atoms with Gasteiger partial charge in [-0.25, -0.2) is 0 Å². The molecule has 2 aromatic rings. The smallest absolute Gasteiger partial charge is 0.255 e. The van der Waals surface area contributed by atoms with E-state index in [0.717, 1.165) is 39.8 Å². The van der Waals surface area contributed by atoms with Crippen LogP contribution in [0.5, 0.6) is 0 Å². The van der Waals surface area contributed by atoms with Gasteiger partial charge in [0.25, 0.3) is 5.91 Å². The SMILES string of the molecule is CNCCc1ccccc1C(=O)Nc1ccc(Br)c(C)c1. The molecule has 0 fully saturated rings. The Morgan fingerprint density at radius 2 is 1.95 bits per heavy atom. The summed E-state index contributed by atoms with van der Waals surface area (Å²) in [5.74, 6) is -0.0663. The molecular formula is C17H19BrN2O. The summed E-state index contributed by atoms with van der Waals surface area (Å²) in [6.45, 7) is 2.85. The van der Waals surface area contributed by atoms with Gasteiger partial charge in [0, 0.05) is 15.7 Å². The number of hydrogen-bond acceptors (Lipinski definition) is 2. The minimum absolute atomic E-state index is 0.0663. The number of halogens is 1. The molecule has 0 unspecified atom stereocenters. The molecule has 2 N–H and O–H groups in total. The van der Waals surface area contributed by atoms with Crippen LogP contribution in [0.4, 0.5) is 5.69 Å². The van der Waals surface area contributed by atoms with Crippen LogP contribution in [-0.4, -0.2) is 19.5 Å². The summed E-state index contributed by atoms with van der Waals surface area (Å²) in [5.41, 5.74) is 3.69. The first-order chi connectivity index (χ1) is 10.1. The van der Waals surface area contributed by atoms with Gasteiger partial charge in [-0.3, -0.25) is 4.79 Å². The maximum absolute atomic E-state index is 12.5. The lowest BCUT2D eigenvalue weighted by atomic mass is 10.0. The molecule has 0 aliphatic carbocycles. The molecule has 3 nitrogen and oxygen atoms in total. The van der Waals surface area contributed by atoms with Crippen LogP contribution in [0.15, 0.2) is 46.9 Å². The molecule has 21 heavy (non-hydrogen) atoms. The third kappa shape index (κ3) is 4.16. The average molecular weight is 347 g/mol. The summed E-state index contributed by atoms with van der Waals surface area (Å²) < 4.78 is 1.04. The summed E-state index contributed by atoms with van der Waals surface area (Å²) in [6.07, 6.45) is 0.833. The lowest BCUT2D eigenvalue weighted by Gasteiger charge is -2.11. The van der Waals surface area contributed by atoms with Gasteiger partial charge in [-0.05, 0) is 62.3 Å². The van der Waals surface area contributed by atoms with Gasteiger partial charge in [0.1, 0.15) is 0 Å². The molecule has 0 aromatic heterocycles. The maximum atomic E-state index is 12.5. The quantitative estimate of drug-likeness (QED) is 0.865. The Morgan fingerprint density at radius 3 is 2.67 bits per heavy atom. The van der Waals surface area contributed by atoms with Gasteiger partial charge in [0.2, 0.25) is 0 Å². The molecule has 0 saturated heterocycles. The number of hydrogen-bond donors (Lipinski definition) is 2. The van der Waals surface area contributed by atoms with Crippen molar-refractivity contribution in [1.82, 2.24) is 5.32 Å². The van der Waals surface area contributed by atoms with Crippen LogP contribution < -0.4 is 10.6 Å². The number of aryl methyl sites for hydroxylation is 1. The fourth-order valence-electron chi connectivity index (χ4n) is 2.14. The number of benzene rings is 2. The summed E-state index contributed by atoms with van der Waals surface area (Å²) in [6, 6.07) is 13.5.